The fraction of sp³-hybridized carbons (Fsp3) is 0.600. The van der Waals surface area contributed by atoms with Gasteiger partial charge in [-0.1, -0.05) is 30.9 Å². The van der Waals surface area contributed by atoms with Crippen LogP contribution in [0.25, 0.3) is 10.9 Å². The Hall–Kier alpha value is -2.22. The van der Waals surface area contributed by atoms with Crippen LogP contribution in [0.1, 0.15) is 56.6 Å². The molecule has 7 nitrogen and oxygen atoms in total. The van der Waals surface area contributed by atoms with E-state index < -0.39 is 6.23 Å². The summed E-state index contributed by atoms with van der Waals surface area (Å²) in [6, 6.07) is 9.14. The summed E-state index contributed by atoms with van der Waals surface area (Å²) < 4.78 is 11.5. The highest BCUT2D eigenvalue weighted by atomic mass is 16.5. The predicted molar refractivity (Wildman–Crippen MR) is 129 cm³/mol. The van der Waals surface area contributed by atoms with Crippen LogP contribution in [-0.4, -0.2) is 55.5 Å². The molecule has 4 N–H and O–H groups in total. The average Bonchev–Trinajstić information content (AvgIpc) is 2.78. The lowest BCUT2D eigenvalue weighted by atomic mass is 9.92. The molecule has 2 aromatic rings. The Balaban J connectivity index is 1.60. The Morgan fingerprint density at radius 1 is 1.22 bits per heavy atom. The lowest BCUT2D eigenvalue weighted by Gasteiger charge is -2.41. The number of methoxy groups -OCH3 is 1. The van der Waals surface area contributed by atoms with Crippen molar-refractivity contribution in [2.24, 2.45) is 5.73 Å². The summed E-state index contributed by atoms with van der Waals surface area (Å²) in [5.41, 5.74) is 8.57. The Morgan fingerprint density at radius 3 is 2.72 bits per heavy atom. The maximum atomic E-state index is 8.54. The predicted octanol–water partition coefficient (Wildman–Crippen LogP) is 3.71. The third kappa shape index (κ3) is 5.22. The van der Waals surface area contributed by atoms with Crippen LogP contribution in [0.5, 0.6) is 0 Å². The van der Waals surface area contributed by atoms with E-state index in [1.807, 2.05) is 12.1 Å². The molecule has 1 saturated carbocycles. The highest BCUT2D eigenvalue weighted by molar-refractivity contribution is 6.01. The van der Waals surface area contributed by atoms with Crippen LogP contribution in [0, 0.1) is 12.3 Å². The lowest BCUT2D eigenvalue weighted by molar-refractivity contribution is 0.0533. The third-order valence-corrected chi connectivity index (χ3v) is 6.71. The number of hydrogen-bond acceptors (Lipinski definition) is 7. The number of ether oxygens (including phenoxy) is 2. The van der Waals surface area contributed by atoms with Crippen molar-refractivity contribution in [2.45, 2.75) is 76.8 Å². The van der Waals surface area contributed by atoms with Gasteiger partial charge < -0.3 is 19.7 Å². The average molecular weight is 440 g/mol. The molecule has 32 heavy (non-hydrogen) atoms. The molecule has 0 amide bonds. The number of benzene rings is 1. The third-order valence-electron chi connectivity index (χ3n) is 6.71. The first-order valence-electron chi connectivity index (χ1n) is 11.9. The molecule has 4 rings (SSSR count). The minimum absolute atomic E-state index is 0.0577. The molecule has 0 bridgehead atoms. The van der Waals surface area contributed by atoms with E-state index >= 15 is 0 Å². The molecule has 1 saturated heterocycles. The number of hydrogen-bond donors (Lipinski definition) is 3. The molecule has 1 aliphatic carbocycles. The largest absolute Gasteiger partial charge is 0.459 e. The van der Waals surface area contributed by atoms with Crippen LogP contribution in [0.15, 0.2) is 24.3 Å². The van der Waals surface area contributed by atoms with E-state index in [4.69, 9.17) is 25.6 Å². The molecule has 1 aliphatic heterocycles. The summed E-state index contributed by atoms with van der Waals surface area (Å²) in [6.45, 7) is 5.37. The van der Waals surface area contributed by atoms with Crippen molar-refractivity contribution in [3.63, 3.8) is 0 Å². The van der Waals surface area contributed by atoms with Crippen LogP contribution < -0.4 is 16.0 Å². The summed E-state index contributed by atoms with van der Waals surface area (Å²) >= 11 is 0. The highest BCUT2D eigenvalue weighted by Crippen LogP contribution is 2.29. The number of anilines is 1. The zero-order valence-corrected chi connectivity index (χ0v) is 19.6. The van der Waals surface area contributed by atoms with Crippen molar-refractivity contribution in [3.05, 3.63) is 35.4 Å². The SMILES string of the molecule is COC1CN(c2nc3ccc(C)cc3cc2C(=N)OC(C)N)CCC1NC1CCCCC1. The number of aromatic nitrogens is 1. The summed E-state index contributed by atoms with van der Waals surface area (Å²) in [4.78, 5) is 7.20. The maximum Gasteiger partial charge on any atom is 0.218 e. The van der Waals surface area contributed by atoms with Gasteiger partial charge in [0.2, 0.25) is 5.90 Å². The van der Waals surface area contributed by atoms with Crippen molar-refractivity contribution in [1.29, 1.82) is 5.41 Å². The van der Waals surface area contributed by atoms with E-state index in [9.17, 15) is 0 Å². The molecule has 0 spiro atoms. The van der Waals surface area contributed by atoms with E-state index in [1.165, 1.54) is 32.1 Å². The minimum atomic E-state index is -0.555. The summed E-state index contributed by atoms with van der Waals surface area (Å²) in [5.74, 6) is 0.826. The quantitative estimate of drug-likeness (QED) is 0.361. The van der Waals surface area contributed by atoms with Crippen LogP contribution >= 0.6 is 0 Å². The lowest BCUT2D eigenvalue weighted by Crippen LogP contribution is -2.56. The second kappa shape index (κ2) is 10.1. The van der Waals surface area contributed by atoms with E-state index in [0.717, 1.165) is 41.8 Å². The molecule has 1 aromatic heterocycles. The van der Waals surface area contributed by atoms with Crippen LogP contribution in [0.4, 0.5) is 5.82 Å². The summed E-state index contributed by atoms with van der Waals surface area (Å²) in [7, 11) is 1.79. The Bertz CT molecular complexity index is 941. The van der Waals surface area contributed by atoms with Gasteiger partial charge in [-0.3, -0.25) is 11.1 Å². The molecule has 1 aromatic carbocycles. The number of nitrogens with two attached hydrogens (primary N) is 1. The van der Waals surface area contributed by atoms with Crippen LogP contribution in [0.3, 0.4) is 0 Å². The van der Waals surface area contributed by atoms with Crippen LogP contribution in [-0.2, 0) is 9.47 Å². The molecule has 2 fully saturated rings. The second-order valence-corrected chi connectivity index (χ2v) is 9.32. The van der Waals surface area contributed by atoms with Gasteiger partial charge in [-0.25, -0.2) is 4.98 Å². The highest BCUT2D eigenvalue weighted by Gasteiger charge is 2.33. The van der Waals surface area contributed by atoms with Crippen molar-refractivity contribution in [3.8, 4) is 0 Å². The van der Waals surface area contributed by atoms with Gasteiger partial charge in [0, 0.05) is 37.7 Å². The summed E-state index contributed by atoms with van der Waals surface area (Å²) in [5, 5.41) is 13.4. The normalized spacial score (nSPS) is 23.3. The zero-order valence-electron chi connectivity index (χ0n) is 19.6. The molecule has 3 atom stereocenters. The fourth-order valence-corrected chi connectivity index (χ4v) is 5.05. The van der Waals surface area contributed by atoms with E-state index in [0.29, 0.717) is 17.6 Å². The monoisotopic (exact) mass is 439 g/mol. The zero-order chi connectivity index (χ0) is 22.7. The van der Waals surface area contributed by atoms with Gasteiger partial charge in [0.1, 0.15) is 12.0 Å². The Morgan fingerprint density at radius 2 is 2.00 bits per heavy atom. The van der Waals surface area contributed by atoms with Crippen molar-refractivity contribution < 1.29 is 9.47 Å². The van der Waals surface area contributed by atoms with Gasteiger partial charge in [0.25, 0.3) is 0 Å². The van der Waals surface area contributed by atoms with Crippen LogP contribution in [0.2, 0.25) is 0 Å². The number of nitrogens with zero attached hydrogens (tertiary/aromatic N) is 2. The first-order valence-corrected chi connectivity index (χ1v) is 11.9. The smallest absolute Gasteiger partial charge is 0.218 e. The van der Waals surface area contributed by atoms with Crippen molar-refractivity contribution in [1.82, 2.24) is 10.3 Å². The standard InChI is InChI=1S/C25H37N5O2/c1-16-9-10-21-18(13-16)14-20(24(27)32-17(2)26)25(29-21)30-12-11-22(23(15-30)31-3)28-19-7-5-4-6-8-19/h9-10,13-14,17,19,22-23,27-28H,4-8,11-12,15,26H2,1-3H3. The first kappa shape index (κ1) is 23.0. The van der Waals surface area contributed by atoms with Gasteiger partial charge in [-0.15, -0.1) is 0 Å². The minimum Gasteiger partial charge on any atom is -0.459 e. The van der Waals surface area contributed by atoms with Crippen molar-refractivity contribution in [2.75, 3.05) is 25.1 Å². The molecular formula is C25H37N5O2. The number of piperidine rings is 1. The number of aryl methyl sites for hydroxylation is 1. The molecule has 0 radical (unpaired) electrons. The second-order valence-electron chi connectivity index (χ2n) is 9.32. The van der Waals surface area contributed by atoms with E-state index in [2.05, 4.69) is 29.3 Å². The molecule has 174 valence electrons. The molecule has 2 heterocycles. The van der Waals surface area contributed by atoms with Crippen molar-refractivity contribution >= 4 is 22.6 Å². The number of pyridine rings is 1. The van der Waals surface area contributed by atoms with E-state index in [-0.39, 0.29) is 12.0 Å². The first-order chi connectivity index (χ1) is 15.4. The molecule has 2 aliphatic rings. The van der Waals surface area contributed by atoms with Gasteiger partial charge in [-0.05, 0) is 51.3 Å². The molecule has 3 unspecified atom stereocenters. The number of nitrogens with one attached hydrogen (secondary N) is 2. The number of rotatable bonds is 6. The summed E-state index contributed by atoms with van der Waals surface area (Å²) in [6.07, 6.45) is 7.01. The van der Waals surface area contributed by atoms with E-state index in [1.54, 1.807) is 14.0 Å². The van der Waals surface area contributed by atoms with Gasteiger partial charge >= 0.3 is 0 Å². The van der Waals surface area contributed by atoms with Gasteiger partial charge in [0.15, 0.2) is 0 Å². The fourth-order valence-electron chi connectivity index (χ4n) is 5.05. The van der Waals surface area contributed by atoms with Gasteiger partial charge in [-0.2, -0.15) is 0 Å². The topological polar surface area (TPSA) is 96.5 Å². The number of fused-ring (bicyclic) bond motifs is 1. The maximum absolute atomic E-state index is 8.54. The Kier molecular flexibility index (Phi) is 7.28. The molecular weight excluding hydrogens is 402 g/mol. The van der Waals surface area contributed by atoms with Gasteiger partial charge in [0.05, 0.1) is 17.2 Å². The molecule has 7 heteroatoms. The Labute approximate surface area is 191 Å².